The average molecular weight is 347 g/mol. The van der Waals surface area contributed by atoms with E-state index in [9.17, 15) is 22.0 Å². The first kappa shape index (κ1) is 18.9. The second-order valence-electron chi connectivity index (χ2n) is 4.71. The topological polar surface area (TPSA) is 24.5 Å². The summed E-state index contributed by atoms with van der Waals surface area (Å²) in [4.78, 5) is 1.03. The number of ether oxygens (including phenoxy) is 1. The van der Waals surface area contributed by atoms with E-state index >= 15 is 0 Å². The number of nitrogens with zero attached hydrogens (tertiary/aromatic N) is 1. The fraction of sp³-hybridized carbons (Fsp3) is 0.538. The van der Waals surface area contributed by atoms with Crippen LogP contribution in [-0.2, 0) is 0 Å². The highest BCUT2D eigenvalue weighted by Gasteiger charge is 2.48. The standard InChI is InChI=1S/C13H15F5N2O.ClH/c1-21-9-3-2-8(14)10(11(9)15)12(13(16,17)18)20-6-4-19-5-7-20;/h2-3,12,19H,4-7H2,1H3;1H/t12-;/m0./s1. The summed E-state index contributed by atoms with van der Waals surface area (Å²) in [6.07, 6.45) is -4.79. The van der Waals surface area contributed by atoms with Gasteiger partial charge < -0.3 is 10.1 Å². The number of alkyl halides is 3. The number of rotatable bonds is 3. The van der Waals surface area contributed by atoms with Gasteiger partial charge in [-0.05, 0) is 12.1 Å². The van der Waals surface area contributed by atoms with Crippen LogP contribution in [0, 0.1) is 11.6 Å². The molecule has 3 nitrogen and oxygen atoms in total. The summed E-state index contributed by atoms with van der Waals surface area (Å²) in [5.74, 6) is -2.94. The lowest BCUT2D eigenvalue weighted by atomic mass is 10.0. The maximum Gasteiger partial charge on any atom is 0.408 e. The molecule has 1 aliphatic heterocycles. The van der Waals surface area contributed by atoms with Crippen molar-refractivity contribution in [1.82, 2.24) is 10.2 Å². The average Bonchev–Trinajstić information content (AvgIpc) is 2.43. The van der Waals surface area contributed by atoms with Gasteiger partial charge in [-0.3, -0.25) is 4.90 Å². The third-order valence-corrected chi connectivity index (χ3v) is 3.41. The van der Waals surface area contributed by atoms with Crippen molar-refractivity contribution in [3.05, 3.63) is 29.3 Å². The van der Waals surface area contributed by atoms with Crippen molar-refractivity contribution in [1.29, 1.82) is 0 Å². The Kier molecular flexibility index (Phi) is 6.39. The highest BCUT2D eigenvalue weighted by atomic mass is 35.5. The molecule has 22 heavy (non-hydrogen) atoms. The Morgan fingerprint density at radius 2 is 1.77 bits per heavy atom. The molecular weight excluding hydrogens is 331 g/mol. The van der Waals surface area contributed by atoms with Gasteiger partial charge in [0, 0.05) is 26.2 Å². The number of piperazine rings is 1. The van der Waals surface area contributed by atoms with Crippen LogP contribution in [0.15, 0.2) is 12.1 Å². The van der Waals surface area contributed by atoms with E-state index < -0.39 is 35.2 Å². The Hall–Kier alpha value is -1.12. The fourth-order valence-electron chi connectivity index (χ4n) is 2.45. The molecule has 0 aliphatic carbocycles. The van der Waals surface area contributed by atoms with Crippen molar-refractivity contribution in [2.24, 2.45) is 0 Å². The number of nitrogens with one attached hydrogen (secondary N) is 1. The van der Waals surface area contributed by atoms with Crippen molar-refractivity contribution in [3.8, 4) is 5.75 Å². The van der Waals surface area contributed by atoms with Gasteiger partial charge in [-0.2, -0.15) is 13.2 Å². The zero-order valence-electron chi connectivity index (χ0n) is 11.7. The number of hydrogen-bond acceptors (Lipinski definition) is 3. The van der Waals surface area contributed by atoms with Crippen LogP contribution in [0.3, 0.4) is 0 Å². The van der Waals surface area contributed by atoms with Crippen LogP contribution in [0.2, 0.25) is 0 Å². The van der Waals surface area contributed by atoms with Gasteiger partial charge in [0.05, 0.1) is 12.7 Å². The van der Waals surface area contributed by atoms with Gasteiger partial charge in [0.25, 0.3) is 0 Å². The first-order chi connectivity index (χ1) is 9.86. The molecule has 0 radical (unpaired) electrons. The van der Waals surface area contributed by atoms with Crippen LogP contribution >= 0.6 is 12.4 Å². The van der Waals surface area contributed by atoms with Gasteiger partial charge in [-0.15, -0.1) is 12.4 Å². The minimum atomic E-state index is -4.79. The monoisotopic (exact) mass is 346 g/mol. The first-order valence-corrected chi connectivity index (χ1v) is 6.39. The van der Waals surface area contributed by atoms with Gasteiger partial charge in [0.2, 0.25) is 0 Å². The Balaban J connectivity index is 0.00000242. The van der Waals surface area contributed by atoms with E-state index in [2.05, 4.69) is 10.1 Å². The van der Waals surface area contributed by atoms with Gasteiger partial charge in [0.15, 0.2) is 11.6 Å². The minimum Gasteiger partial charge on any atom is -0.494 e. The SMILES string of the molecule is COc1ccc(F)c([C@H](N2CCNCC2)C(F)(F)F)c1F.Cl. The zero-order valence-corrected chi connectivity index (χ0v) is 12.5. The van der Waals surface area contributed by atoms with E-state index in [0.29, 0.717) is 13.1 Å². The quantitative estimate of drug-likeness (QED) is 0.852. The van der Waals surface area contributed by atoms with Crippen molar-refractivity contribution < 1.29 is 26.7 Å². The molecule has 1 aromatic rings. The predicted octanol–water partition coefficient (Wildman–Crippen LogP) is 2.90. The van der Waals surface area contributed by atoms with Crippen LogP contribution in [-0.4, -0.2) is 44.4 Å². The number of hydrogen-bond donors (Lipinski definition) is 1. The molecule has 1 heterocycles. The van der Waals surface area contributed by atoms with Gasteiger partial charge in [0.1, 0.15) is 11.9 Å². The lowest BCUT2D eigenvalue weighted by molar-refractivity contribution is -0.189. The summed E-state index contributed by atoms with van der Waals surface area (Å²) >= 11 is 0. The van der Waals surface area contributed by atoms with Crippen LogP contribution in [0.1, 0.15) is 11.6 Å². The highest BCUT2D eigenvalue weighted by Crippen LogP contribution is 2.41. The molecular formula is C13H16ClF5N2O. The third kappa shape index (κ3) is 3.80. The molecule has 0 spiro atoms. The van der Waals surface area contributed by atoms with Crippen molar-refractivity contribution >= 4 is 12.4 Å². The van der Waals surface area contributed by atoms with E-state index in [4.69, 9.17) is 0 Å². The number of benzene rings is 1. The lowest BCUT2D eigenvalue weighted by Gasteiger charge is -2.36. The zero-order chi connectivity index (χ0) is 15.6. The van der Waals surface area contributed by atoms with Crippen LogP contribution in [0.4, 0.5) is 22.0 Å². The van der Waals surface area contributed by atoms with E-state index in [1.165, 1.54) is 0 Å². The summed E-state index contributed by atoms with van der Waals surface area (Å²) in [6, 6.07) is -0.563. The molecule has 0 amide bonds. The lowest BCUT2D eigenvalue weighted by Crippen LogP contribution is -2.49. The normalized spacial score (nSPS) is 17.7. The molecule has 2 rings (SSSR count). The van der Waals surface area contributed by atoms with E-state index in [1.807, 2.05) is 0 Å². The Morgan fingerprint density at radius 1 is 1.18 bits per heavy atom. The van der Waals surface area contributed by atoms with Crippen LogP contribution in [0.25, 0.3) is 0 Å². The second-order valence-corrected chi connectivity index (χ2v) is 4.71. The van der Waals surface area contributed by atoms with E-state index in [0.717, 1.165) is 24.1 Å². The molecule has 1 fully saturated rings. The smallest absolute Gasteiger partial charge is 0.408 e. The largest absolute Gasteiger partial charge is 0.494 e. The highest BCUT2D eigenvalue weighted by molar-refractivity contribution is 5.85. The molecule has 1 atom stereocenters. The Bertz CT molecular complexity index is 506. The van der Waals surface area contributed by atoms with Gasteiger partial charge in [-0.1, -0.05) is 0 Å². The summed E-state index contributed by atoms with van der Waals surface area (Å²) in [5, 5.41) is 2.90. The molecule has 9 heteroatoms. The van der Waals surface area contributed by atoms with Gasteiger partial charge >= 0.3 is 6.18 Å². The first-order valence-electron chi connectivity index (χ1n) is 6.39. The molecule has 0 unspecified atom stereocenters. The van der Waals surface area contributed by atoms with E-state index in [-0.39, 0.29) is 25.5 Å². The maximum absolute atomic E-state index is 14.2. The van der Waals surface area contributed by atoms with Crippen molar-refractivity contribution in [2.45, 2.75) is 12.2 Å². The minimum absolute atomic E-state index is 0. The third-order valence-electron chi connectivity index (χ3n) is 3.41. The number of halogens is 6. The molecule has 1 N–H and O–H groups in total. The fourth-order valence-corrected chi connectivity index (χ4v) is 2.45. The number of methoxy groups -OCH3 is 1. The molecule has 1 saturated heterocycles. The predicted molar refractivity (Wildman–Crippen MR) is 73.4 cm³/mol. The summed E-state index contributed by atoms with van der Waals surface area (Å²) < 4.78 is 72.7. The van der Waals surface area contributed by atoms with Crippen LogP contribution in [0.5, 0.6) is 5.75 Å². The molecule has 126 valence electrons. The summed E-state index contributed by atoms with van der Waals surface area (Å²) in [5.41, 5.74) is -1.01. The van der Waals surface area contributed by atoms with Gasteiger partial charge in [-0.25, -0.2) is 8.78 Å². The molecule has 0 bridgehead atoms. The second kappa shape index (κ2) is 7.43. The Morgan fingerprint density at radius 3 is 2.27 bits per heavy atom. The van der Waals surface area contributed by atoms with Crippen molar-refractivity contribution in [2.75, 3.05) is 33.3 Å². The van der Waals surface area contributed by atoms with Crippen LogP contribution < -0.4 is 10.1 Å². The summed E-state index contributed by atoms with van der Waals surface area (Å²) in [7, 11) is 1.12. The molecule has 1 aromatic carbocycles. The Labute approximate surface area is 130 Å². The molecule has 0 aromatic heterocycles. The molecule has 0 saturated carbocycles. The van der Waals surface area contributed by atoms with E-state index in [1.54, 1.807) is 0 Å². The summed E-state index contributed by atoms with van der Waals surface area (Å²) in [6.45, 7) is 0.778. The maximum atomic E-state index is 14.2. The molecule has 1 aliphatic rings. The van der Waals surface area contributed by atoms with Crippen molar-refractivity contribution in [3.63, 3.8) is 0 Å².